The van der Waals surface area contributed by atoms with Crippen molar-refractivity contribution >= 4 is 0 Å². The van der Waals surface area contributed by atoms with Gasteiger partial charge in [-0.1, -0.05) is 6.42 Å². The lowest BCUT2D eigenvalue weighted by Crippen LogP contribution is -2.38. The Morgan fingerprint density at radius 3 is 2.80 bits per heavy atom. The molecule has 0 bridgehead atoms. The van der Waals surface area contributed by atoms with Crippen molar-refractivity contribution in [1.82, 2.24) is 5.32 Å². The molecule has 0 aromatic rings. The first kappa shape index (κ1) is 11.4. The fourth-order valence-corrected chi connectivity index (χ4v) is 2.84. The summed E-state index contributed by atoms with van der Waals surface area (Å²) in [4.78, 5) is 0. The van der Waals surface area contributed by atoms with Crippen LogP contribution in [0.1, 0.15) is 39.0 Å². The first-order valence-electron chi connectivity index (χ1n) is 6.29. The minimum atomic E-state index is 0.333. The van der Waals surface area contributed by atoms with Crippen LogP contribution in [0.3, 0.4) is 0 Å². The van der Waals surface area contributed by atoms with Gasteiger partial charge in [0.25, 0.3) is 0 Å². The van der Waals surface area contributed by atoms with Crippen LogP contribution in [0.2, 0.25) is 0 Å². The molecule has 0 radical (unpaired) electrons. The second-order valence-electron chi connectivity index (χ2n) is 5.03. The lowest BCUT2D eigenvalue weighted by molar-refractivity contribution is 0.0525. The van der Waals surface area contributed by atoms with Gasteiger partial charge in [-0.05, 0) is 38.5 Å². The van der Waals surface area contributed by atoms with Gasteiger partial charge in [0, 0.05) is 19.2 Å². The summed E-state index contributed by atoms with van der Waals surface area (Å²) in [6.07, 6.45) is 6.87. The summed E-state index contributed by atoms with van der Waals surface area (Å²) in [5.74, 6) is 0.476. The number of ether oxygens (including phenoxy) is 1. The van der Waals surface area contributed by atoms with Crippen molar-refractivity contribution in [1.29, 1.82) is 0 Å². The van der Waals surface area contributed by atoms with Crippen molar-refractivity contribution in [2.75, 3.05) is 13.2 Å². The maximum Gasteiger partial charge on any atom is 0.0704 e. The van der Waals surface area contributed by atoms with Crippen LogP contribution in [-0.4, -0.2) is 36.5 Å². The van der Waals surface area contributed by atoms with Crippen LogP contribution >= 0.6 is 0 Å². The summed E-state index contributed by atoms with van der Waals surface area (Å²) in [5.41, 5.74) is 0. The van der Waals surface area contributed by atoms with Crippen molar-refractivity contribution in [2.45, 2.75) is 57.3 Å². The number of hydrogen-bond acceptors (Lipinski definition) is 3. The summed E-state index contributed by atoms with van der Waals surface area (Å²) in [6.45, 7) is 3.44. The molecule has 1 heterocycles. The fourth-order valence-electron chi connectivity index (χ4n) is 2.84. The molecule has 1 aliphatic carbocycles. The topological polar surface area (TPSA) is 41.5 Å². The molecule has 2 fully saturated rings. The molecule has 3 nitrogen and oxygen atoms in total. The molecule has 15 heavy (non-hydrogen) atoms. The number of nitrogens with one attached hydrogen (secondary N) is 1. The van der Waals surface area contributed by atoms with E-state index in [0.717, 1.165) is 6.54 Å². The molecule has 88 valence electrons. The molecule has 2 aliphatic rings. The third-order valence-electron chi connectivity index (χ3n) is 3.82. The van der Waals surface area contributed by atoms with Crippen LogP contribution in [0, 0.1) is 5.92 Å². The zero-order valence-electron chi connectivity index (χ0n) is 9.61. The summed E-state index contributed by atoms with van der Waals surface area (Å²) in [5, 5.41) is 12.8. The Hall–Kier alpha value is -0.120. The van der Waals surface area contributed by atoms with E-state index >= 15 is 0 Å². The Balaban J connectivity index is 1.68. The Labute approximate surface area is 92.2 Å². The standard InChI is InChI=1S/C12H23NO2/c1-9-5-6-11(15-9)7-13-12-4-2-3-10(12)8-14/h9-14H,2-8H2,1H3. The first-order chi connectivity index (χ1) is 7.29. The van der Waals surface area contributed by atoms with Crippen molar-refractivity contribution in [3.63, 3.8) is 0 Å². The second kappa shape index (κ2) is 5.28. The van der Waals surface area contributed by atoms with Crippen LogP contribution in [0.15, 0.2) is 0 Å². The summed E-state index contributed by atoms with van der Waals surface area (Å²) in [6, 6.07) is 0.523. The van der Waals surface area contributed by atoms with Crippen molar-refractivity contribution < 1.29 is 9.84 Å². The van der Waals surface area contributed by atoms with Crippen LogP contribution in [-0.2, 0) is 4.74 Å². The maximum absolute atomic E-state index is 9.20. The molecule has 0 spiro atoms. The zero-order chi connectivity index (χ0) is 10.7. The highest BCUT2D eigenvalue weighted by Crippen LogP contribution is 2.25. The molecule has 2 N–H and O–H groups in total. The quantitative estimate of drug-likeness (QED) is 0.739. The van der Waals surface area contributed by atoms with Crippen LogP contribution in [0.5, 0.6) is 0 Å². The Morgan fingerprint density at radius 1 is 1.27 bits per heavy atom. The number of rotatable bonds is 4. The van der Waals surface area contributed by atoms with Crippen LogP contribution in [0.25, 0.3) is 0 Å². The smallest absolute Gasteiger partial charge is 0.0704 e. The molecule has 1 saturated heterocycles. The molecule has 0 aromatic heterocycles. The van der Waals surface area contributed by atoms with E-state index in [1.165, 1.54) is 32.1 Å². The number of aliphatic hydroxyl groups is 1. The minimum Gasteiger partial charge on any atom is -0.396 e. The van der Waals surface area contributed by atoms with Crippen LogP contribution < -0.4 is 5.32 Å². The van der Waals surface area contributed by atoms with Gasteiger partial charge in [0.2, 0.25) is 0 Å². The highest BCUT2D eigenvalue weighted by Gasteiger charge is 2.28. The molecule has 1 aliphatic heterocycles. The van der Waals surface area contributed by atoms with E-state index in [1.54, 1.807) is 0 Å². The Bertz CT molecular complexity index is 198. The van der Waals surface area contributed by atoms with Gasteiger partial charge in [0.15, 0.2) is 0 Å². The van der Waals surface area contributed by atoms with E-state index in [1.807, 2.05) is 0 Å². The van der Waals surface area contributed by atoms with E-state index in [9.17, 15) is 5.11 Å². The van der Waals surface area contributed by atoms with E-state index in [0.29, 0.717) is 30.8 Å². The largest absolute Gasteiger partial charge is 0.396 e. The lowest BCUT2D eigenvalue weighted by Gasteiger charge is -2.21. The van der Waals surface area contributed by atoms with E-state index in [-0.39, 0.29) is 0 Å². The van der Waals surface area contributed by atoms with E-state index in [2.05, 4.69) is 12.2 Å². The second-order valence-corrected chi connectivity index (χ2v) is 5.03. The van der Waals surface area contributed by atoms with E-state index in [4.69, 9.17) is 4.74 Å². The molecule has 4 unspecified atom stereocenters. The van der Waals surface area contributed by atoms with Gasteiger partial charge in [0.1, 0.15) is 0 Å². The zero-order valence-corrected chi connectivity index (χ0v) is 9.61. The van der Waals surface area contributed by atoms with Crippen molar-refractivity contribution in [3.8, 4) is 0 Å². The fraction of sp³-hybridized carbons (Fsp3) is 1.00. The normalized spacial score (nSPS) is 41.2. The molecule has 4 atom stereocenters. The number of hydrogen-bond donors (Lipinski definition) is 2. The lowest BCUT2D eigenvalue weighted by atomic mass is 10.0. The predicted molar refractivity (Wildman–Crippen MR) is 59.8 cm³/mol. The summed E-state index contributed by atoms with van der Waals surface area (Å²) in [7, 11) is 0. The highest BCUT2D eigenvalue weighted by atomic mass is 16.5. The van der Waals surface area contributed by atoms with Gasteiger partial charge in [-0.15, -0.1) is 0 Å². The van der Waals surface area contributed by atoms with Crippen LogP contribution in [0.4, 0.5) is 0 Å². The molecule has 3 heteroatoms. The summed E-state index contributed by atoms with van der Waals surface area (Å²) < 4.78 is 5.76. The third kappa shape index (κ3) is 2.92. The average Bonchev–Trinajstić information content (AvgIpc) is 2.83. The summed E-state index contributed by atoms with van der Waals surface area (Å²) >= 11 is 0. The molecular weight excluding hydrogens is 190 g/mol. The Morgan fingerprint density at radius 2 is 2.13 bits per heavy atom. The number of aliphatic hydroxyl groups excluding tert-OH is 1. The van der Waals surface area contributed by atoms with Gasteiger partial charge < -0.3 is 15.2 Å². The van der Waals surface area contributed by atoms with Gasteiger partial charge in [-0.2, -0.15) is 0 Å². The molecule has 0 aromatic carbocycles. The molecule has 1 saturated carbocycles. The molecule has 2 rings (SSSR count). The van der Waals surface area contributed by atoms with Gasteiger partial charge in [-0.25, -0.2) is 0 Å². The van der Waals surface area contributed by atoms with Crippen molar-refractivity contribution in [3.05, 3.63) is 0 Å². The SMILES string of the molecule is CC1CCC(CNC2CCCC2CO)O1. The molecular formula is C12H23NO2. The van der Waals surface area contributed by atoms with Gasteiger partial charge in [-0.3, -0.25) is 0 Å². The van der Waals surface area contributed by atoms with Gasteiger partial charge >= 0.3 is 0 Å². The third-order valence-corrected chi connectivity index (χ3v) is 3.82. The molecule has 0 amide bonds. The van der Waals surface area contributed by atoms with E-state index < -0.39 is 0 Å². The van der Waals surface area contributed by atoms with Crippen molar-refractivity contribution in [2.24, 2.45) is 5.92 Å². The average molecular weight is 213 g/mol. The first-order valence-corrected chi connectivity index (χ1v) is 6.29. The monoisotopic (exact) mass is 213 g/mol. The maximum atomic E-state index is 9.20. The predicted octanol–water partition coefficient (Wildman–Crippen LogP) is 1.30. The highest BCUT2D eigenvalue weighted by molar-refractivity contribution is 4.84. The Kier molecular flexibility index (Phi) is 4.00. The minimum absolute atomic E-state index is 0.333. The van der Waals surface area contributed by atoms with Gasteiger partial charge in [0.05, 0.1) is 12.2 Å².